The van der Waals surface area contributed by atoms with E-state index < -0.39 is 5.51 Å². The highest BCUT2D eigenvalue weighted by molar-refractivity contribution is 8.00. The van der Waals surface area contributed by atoms with Crippen LogP contribution in [0.2, 0.25) is 5.02 Å². The standard InChI is InChI=1S/C15H21ClF3NS/c1-11(2)20-10-13(6-7-21-15(17,18)19)8-12-4-3-5-14(16)9-12/h3-5,9,11,13,20H,6-8,10H2,1-2H3. The third-order valence-corrected chi connectivity index (χ3v) is 4.02. The van der Waals surface area contributed by atoms with Gasteiger partial charge in [0.2, 0.25) is 0 Å². The Labute approximate surface area is 133 Å². The number of thioether (sulfide) groups is 1. The first-order valence-electron chi connectivity index (χ1n) is 6.95. The number of alkyl halides is 3. The Hall–Kier alpha value is -0.390. The van der Waals surface area contributed by atoms with Gasteiger partial charge in [-0.1, -0.05) is 49.3 Å². The number of hydrogen-bond donors (Lipinski definition) is 1. The van der Waals surface area contributed by atoms with Gasteiger partial charge in [0.05, 0.1) is 0 Å². The Morgan fingerprint density at radius 2 is 2.00 bits per heavy atom. The van der Waals surface area contributed by atoms with Crippen molar-refractivity contribution in [1.82, 2.24) is 5.32 Å². The molecule has 0 amide bonds. The molecule has 0 spiro atoms. The van der Waals surface area contributed by atoms with E-state index in [2.05, 4.69) is 5.32 Å². The third kappa shape index (κ3) is 9.27. The number of hydrogen-bond acceptors (Lipinski definition) is 2. The fraction of sp³-hybridized carbons (Fsp3) is 0.600. The van der Waals surface area contributed by atoms with Crippen molar-refractivity contribution in [1.29, 1.82) is 0 Å². The van der Waals surface area contributed by atoms with Gasteiger partial charge in [-0.05, 0) is 43.0 Å². The van der Waals surface area contributed by atoms with Gasteiger partial charge in [-0.3, -0.25) is 0 Å². The first-order valence-corrected chi connectivity index (χ1v) is 8.31. The summed E-state index contributed by atoms with van der Waals surface area (Å²) in [4.78, 5) is 0. The van der Waals surface area contributed by atoms with Crippen molar-refractivity contribution in [2.75, 3.05) is 12.3 Å². The van der Waals surface area contributed by atoms with Gasteiger partial charge in [0.15, 0.2) is 0 Å². The van der Waals surface area contributed by atoms with Crippen LogP contribution in [-0.4, -0.2) is 23.8 Å². The Bertz CT molecular complexity index is 424. The Morgan fingerprint density at radius 1 is 1.29 bits per heavy atom. The van der Waals surface area contributed by atoms with Crippen LogP contribution in [0.3, 0.4) is 0 Å². The molecular formula is C15H21ClF3NS. The van der Waals surface area contributed by atoms with Crippen LogP contribution in [-0.2, 0) is 6.42 Å². The van der Waals surface area contributed by atoms with Crippen LogP contribution in [0.4, 0.5) is 13.2 Å². The van der Waals surface area contributed by atoms with Crippen molar-refractivity contribution in [2.45, 2.75) is 38.2 Å². The minimum Gasteiger partial charge on any atom is -0.314 e. The van der Waals surface area contributed by atoms with Crippen LogP contribution >= 0.6 is 23.4 Å². The molecule has 1 N–H and O–H groups in total. The van der Waals surface area contributed by atoms with E-state index in [1.807, 2.05) is 32.0 Å². The van der Waals surface area contributed by atoms with E-state index >= 15 is 0 Å². The lowest BCUT2D eigenvalue weighted by Gasteiger charge is -2.20. The van der Waals surface area contributed by atoms with Crippen molar-refractivity contribution < 1.29 is 13.2 Å². The molecule has 0 radical (unpaired) electrons. The van der Waals surface area contributed by atoms with Crippen molar-refractivity contribution in [3.8, 4) is 0 Å². The zero-order valence-corrected chi connectivity index (χ0v) is 13.8. The van der Waals surface area contributed by atoms with Crippen LogP contribution in [0, 0.1) is 5.92 Å². The van der Waals surface area contributed by atoms with E-state index in [0.29, 0.717) is 24.0 Å². The van der Waals surface area contributed by atoms with Gasteiger partial charge in [0, 0.05) is 16.8 Å². The first-order chi connectivity index (χ1) is 9.76. The number of halogens is 4. The summed E-state index contributed by atoms with van der Waals surface area (Å²) in [6.07, 6.45) is 1.26. The lowest BCUT2D eigenvalue weighted by atomic mass is 9.96. The van der Waals surface area contributed by atoms with Crippen LogP contribution in [0.15, 0.2) is 24.3 Å². The molecule has 0 aliphatic heterocycles. The molecule has 0 fully saturated rings. The molecule has 21 heavy (non-hydrogen) atoms. The van der Waals surface area contributed by atoms with E-state index in [-0.39, 0.29) is 23.4 Å². The van der Waals surface area contributed by atoms with Gasteiger partial charge < -0.3 is 5.32 Å². The summed E-state index contributed by atoms with van der Waals surface area (Å²) < 4.78 is 36.7. The van der Waals surface area contributed by atoms with E-state index in [1.54, 1.807) is 6.07 Å². The predicted molar refractivity (Wildman–Crippen MR) is 84.9 cm³/mol. The molecule has 1 rings (SSSR count). The average Bonchev–Trinajstić information content (AvgIpc) is 2.34. The molecule has 1 nitrogen and oxygen atoms in total. The highest BCUT2D eigenvalue weighted by Crippen LogP contribution is 2.31. The SMILES string of the molecule is CC(C)NCC(CCSC(F)(F)F)Cc1cccc(Cl)c1. The van der Waals surface area contributed by atoms with E-state index in [0.717, 1.165) is 12.0 Å². The number of benzene rings is 1. The fourth-order valence-corrected chi connectivity index (χ4v) is 2.91. The molecule has 6 heteroatoms. The largest absolute Gasteiger partial charge is 0.441 e. The van der Waals surface area contributed by atoms with Gasteiger partial charge in [-0.25, -0.2) is 0 Å². The summed E-state index contributed by atoms with van der Waals surface area (Å²) in [7, 11) is 0. The molecule has 1 atom stereocenters. The van der Waals surface area contributed by atoms with Crippen molar-refractivity contribution in [2.24, 2.45) is 5.92 Å². The summed E-state index contributed by atoms with van der Waals surface area (Å²) in [5.74, 6) is 0.259. The second-order valence-electron chi connectivity index (χ2n) is 5.35. The van der Waals surface area contributed by atoms with Crippen molar-refractivity contribution >= 4 is 23.4 Å². The third-order valence-electron chi connectivity index (χ3n) is 3.02. The number of nitrogens with one attached hydrogen (secondary N) is 1. The quantitative estimate of drug-likeness (QED) is 0.703. The highest BCUT2D eigenvalue weighted by Gasteiger charge is 2.28. The molecule has 1 unspecified atom stereocenters. The Kier molecular flexibility index (Phi) is 7.92. The maximum absolute atomic E-state index is 12.2. The molecule has 0 aliphatic rings. The topological polar surface area (TPSA) is 12.0 Å². The van der Waals surface area contributed by atoms with Crippen molar-refractivity contribution in [3.63, 3.8) is 0 Å². The van der Waals surface area contributed by atoms with Crippen molar-refractivity contribution in [3.05, 3.63) is 34.9 Å². The Morgan fingerprint density at radius 3 is 2.57 bits per heavy atom. The predicted octanol–water partition coefficient (Wildman–Crippen LogP) is 5.14. The van der Waals surface area contributed by atoms with E-state index in [9.17, 15) is 13.2 Å². The molecule has 1 aromatic carbocycles. The van der Waals surface area contributed by atoms with Gasteiger partial charge >= 0.3 is 5.51 Å². The molecule has 0 bridgehead atoms. The van der Waals surface area contributed by atoms with Crippen LogP contribution in [0.25, 0.3) is 0 Å². The molecule has 0 aliphatic carbocycles. The molecule has 1 aromatic rings. The summed E-state index contributed by atoms with van der Waals surface area (Å²) in [6, 6.07) is 7.83. The minimum atomic E-state index is -4.15. The van der Waals surface area contributed by atoms with Gasteiger partial charge in [0.1, 0.15) is 0 Å². The highest BCUT2D eigenvalue weighted by atomic mass is 35.5. The second-order valence-corrected chi connectivity index (χ2v) is 6.94. The molecule has 0 saturated heterocycles. The summed E-state index contributed by atoms with van der Waals surface area (Å²) in [5, 5.41) is 3.96. The van der Waals surface area contributed by atoms with E-state index in [1.165, 1.54) is 0 Å². The van der Waals surface area contributed by atoms with Gasteiger partial charge in [0.25, 0.3) is 0 Å². The summed E-state index contributed by atoms with van der Waals surface area (Å²) >= 11 is 6.01. The normalized spacial score (nSPS) is 13.7. The smallest absolute Gasteiger partial charge is 0.314 e. The summed E-state index contributed by atoms with van der Waals surface area (Å²) in [6.45, 7) is 4.77. The zero-order chi connectivity index (χ0) is 15.9. The van der Waals surface area contributed by atoms with E-state index in [4.69, 9.17) is 11.6 Å². The van der Waals surface area contributed by atoms with Crippen LogP contribution in [0.1, 0.15) is 25.8 Å². The lowest BCUT2D eigenvalue weighted by molar-refractivity contribution is -0.0328. The minimum absolute atomic E-state index is 0.0560. The van der Waals surface area contributed by atoms with Crippen LogP contribution in [0.5, 0.6) is 0 Å². The van der Waals surface area contributed by atoms with Crippen LogP contribution < -0.4 is 5.32 Å². The lowest BCUT2D eigenvalue weighted by Crippen LogP contribution is -2.30. The summed E-state index contributed by atoms with van der Waals surface area (Å²) in [5.41, 5.74) is -3.08. The molecule has 120 valence electrons. The zero-order valence-electron chi connectivity index (χ0n) is 12.2. The number of rotatable bonds is 8. The average molecular weight is 340 g/mol. The Balaban J connectivity index is 2.55. The monoisotopic (exact) mass is 339 g/mol. The first kappa shape index (κ1) is 18.7. The van der Waals surface area contributed by atoms with Gasteiger partial charge in [-0.15, -0.1) is 0 Å². The fourth-order valence-electron chi connectivity index (χ4n) is 2.02. The maximum atomic E-state index is 12.2. The van der Waals surface area contributed by atoms with Gasteiger partial charge in [-0.2, -0.15) is 13.2 Å². The second kappa shape index (κ2) is 8.91. The molecule has 0 heterocycles. The molecular weight excluding hydrogens is 319 g/mol. The maximum Gasteiger partial charge on any atom is 0.441 e. The molecule has 0 aromatic heterocycles. The molecule has 0 saturated carbocycles.